The smallest absolute Gasteiger partial charge is 0.216 e. The fourth-order valence-corrected chi connectivity index (χ4v) is 2.85. The maximum absolute atomic E-state index is 12.5. The summed E-state index contributed by atoms with van der Waals surface area (Å²) in [5, 5.41) is 8.76. The number of benzene rings is 2. The molecule has 21 heavy (non-hydrogen) atoms. The summed E-state index contributed by atoms with van der Waals surface area (Å²) < 4.78 is 1.63. The second-order valence-corrected chi connectivity index (χ2v) is 5.54. The molecule has 104 valence electrons. The molecule has 2 aromatic carbocycles. The SMILES string of the molecule is Cn1nnc(C(=O)c2ccccc2)c1Sc1ccccc1. The molecular formula is C16H13N3OS. The van der Waals surface area contributed by atoms with Crippen molar-refractivity contribution >= 4 is 17.5 Å². The van der Waals surface area contributed by atoms with E-state index < -0.39 is 0 Å². The van der Waals surface area contributed by atoms with Crippen LogP contribution in [0.5, 0.6) is 0 Å². The van der Waals surface area contributed by atoms with Crippen molar-refractivity contribution in [3.63, 3.8) is 0 Å². The minimum absolute atomic E-state index is 0.109. The van der Waals surface area contributed by atoms with E-state index in [2.05, 4.69) is 10.3 Å². The summed E-state index contributed by atoms with van der Waals surface area (Å²) >= 11 is 1.49. The van der Waals surface area contributed by atoms with Gasteiger partial charge in [0.15, 0.2) is 5.69 Å². The Labute approximate surface area is 126 Å². The van der Waals surface area contributed by atoms with Crippen molar-refractivity contribution in [2.75, 3.05) is 0 Å². The number of carbonyl (C=O) groups excluding carboxylic acids is 1. The zero-order valence-corrected chi connectivity index (χ0v) is 12.2. The molecule has 3 rings (SSSR count). The van der Waals surface area contributed by atoms with E-state index in [1.165, 1.54) is 11.8 Å². The van der Waals surface area contributed by atoms with E-state index >= 15 is 0 Å². The van der Waals surface area contributed by atoms with Crippen LogP contribution in [0.1, 0.15) is 16.1 Å². The first kappa shape index (κ1) is 13.6. The number of ketones is 1. The summed E-state index contributed by atoms with van der Waals surface area (Å²) in [6, 6.07) is 19.0. The number of rotatable bonds is 4. The van der Waals surface area contributed by atoms with Gasteiger partial charge in [0.2, 0.25) is 5.78 Å². The highest BCUT2D eigenvalue weighted by Gasteiger charge is 2.20. The summed E-state index contributed by atoms with van der Waals surface area (Å²) in [6.45, 7) is 0. The van der Waals surface area contributed by atoms with E-state index in [9.17, 15) is 4.79 Å². The first-order valence-electron chi connectivity index (χ1n) is 6.48. The van der Waals surface area contributed by atoms with Crippen LogP contribution in [0.25, 0.3) is 0 Å². The van der Waals surface area contributed by atoms with E-state index in [1.54, 1.807) is 23.9 Å². The van der Waals surface area contributed by atoms with Crippen molar-refractivity contribution in [2.45, 2.75) is 9.92 Å². The van der Waals surface area contributed by atoms with Crippen molar-refractivity contribution in [1.82, 2.24) is 15.0 Å². The lowest BCUT2D eigenvalue weighted by atomic mass is 10.1. The van der Waals surface area contributed by atoms with Gasteiger partial charge in [-0.05, 0) is 12.1 Å². The van der Waals surface area contributed by atoms with Crippen molar-refractivity contribution in [1.29, 1.82) is 0 Å². The van der Waals surface area contributed by atoms with E-state index in [-0.39, 0.29) is 5.78 Å². The van der Waals surface area contributed by atoms with Gasteiger partial charge in [-0.1, -0.05) is 65.5 Å². The average molecular weight is 295 g/mol. The minimum atomic E-state index is -0.109. The predicted octanol–water partition coefficient (Wildman–Crippen LogP) is 3.20. The molecule has 0 amide bonds. The van der Waals surface area contributed by atoms with Gasteiger partial charge < -0.3 is 0 Å². The largest absolute Gasteiger partial charge is 0.287 e. The first-order chi connectivity index (χ1) is 10.3. The van der Waals surface area contributed by atoms with Gasteiger partial charge in [-0.2, -0.15) is 0 Å². The number of hydrogen-bond donors (Lipinski definition) is 0. The van der Waals surface area contributed by atoms with Crippen LogP contribution >= 0.6 is 11.8 Å². The summed E-state index contributed by atoms with van der Waals surface area (Å²) in [7, 11) is 1.79. The Hall–Kier alpha value is -2.40. The van der Waals surface area contributed by atoms with Crippen LogP contribution in [-0.4, -0.2) is 20.8 Å². The highest BCUT2D eigenvalue weighted by atomic mass is 32.2. The molecule has 0 aliphatic carbocycles. The average Bonchev–Trinajstić information content (AvgIpc) is 2.90. The van der Waals surface area contributed by atoms with E-state index in [4.69, 9.17) is 0 Å². The van der Waals surface area contributed by atoms with Gasteiger partial charge in [-0.15, -0.1) is 5.10 Å². The Bertz CT molecular complexity index is 754. The summed E-state index contributed by atoms with van der Waals surface area (Å²) in [4.78, 5) is 13.6. The molecule has 0 aliphatic heterocycles. The van der Waals surface area contributed by atoms with Crippen LogP contribution in [0, 0.1) is 0 Å². The first-order valence-corrected chi connectivity index (χ1v) is 7.29. The third-order valence-corrected chi connectivity index (χ3v) is 4.14. The zero-order chi connectivity index (χ0) is 14.7. The van der Waals surface area contributed by atoms with Gasteiger partial charge >= 0.3 is 0 Å². The highest BCUT2D eigenvalue weighted by Crippen LogP contribution is 2.29. The van der Waals surface area contributed by atoms with Crippen LogP contribution in [0.4, 0.5) is 0 Å². The number of nitrogens with zero attached hydrogens (tertiary/aromatic N) is 3. The molecule has 0 fully saturated rings. The predicted molar refractivity (Wildman–Crippen MR) is 81.4 cm³/mol. The molecule has 0 saturated heterocycles. The monoisotopic (exact) mass is 295 g/mol. The second kappa shape index (κ2) is 5.93. The van der Waals surface area contributed by atoms with Crippen LogP contribution in [0.3, 0.4) is 0 Å². The van der Waals surface area contributed by atoms with Crippen molar-refractivity contribution < 1.29 is 4.79 Å². The molecule has 1 aromatic heterocycles. The Morgan fingerprint density at radius 1 is 1.00 bits per heavy atom. The topological polar surface area (TPSA) is 47.8 Å². The van der Waals surface area contributed by atoms with Gasteiger partial charge in [0, 0.05) is 17.5 Å². The lowest BCUT2D eigenvalue weighted by molar-refractivity contribution is 0.103. The fraction of sp³-hybridized carbons (Fsp3) is 0.0625. The number of carbonyl (C=O) groups is 1. The molecule has 5 heteroatoms. The third kappa shape index (κ3) is 2.87. The molecular weight excluding hydrogens is 282 g/mol. The fourth-order valence-electron chi connectivity index (χ4n) is 1.93. The van der Waals surface area contributed by atoms with E-state index in [1.807, 2.05) is 48.5 Å². The molecule has 0 radical (unpaired) electrons. The Kier molecular flexibility index (Phi) is 3.83. The van der Waals surface area contributed by atoms with Gasteiger partial charge in [-0.25, -0.2) is 4.68 Å². The molecule has 1 heterocycles. The summed E-state index contributed by atoms with van der Waals surface area (Å²) in [5.41, 5.74) is 1.01. The lowest BCUT2D eigenvalue weighted by Gasteiger charge is -2.04. The molecule has 0 atom stereocenters. The van der Waals surface area contributed by atoms with Crippen LogP contribution in [-0.2, 0) is 7.05 Å². The van der Waals surface area contributed by atoms with Crippen LogP contribution in [0.2, 0.25) is 0 Å². The quantitative estimate of drug-likeness (QED) is 0.694. The Morgan fingerprint density at radius 2 is 1.62 bits per heavy atom. The van der Waals surface area contributed by atoms with Gasteiger partial charge in [-0.3, -0.25) is 4.79 Å². The molecule has 0 saturated carbocycles. The number of aryl methyl sites for hydroxylation is 1. The minimum Gasteiger partial charge on any atom is -0.287 e. The maximum atomic E-state index is 12.5. The van der Waals surface area contributed by atoms with E-state index in [0.717, 1.165) is 9.92 Å². The van der Waals surface area contributed by atoms with Crippen LogP contribution < -0.4 is 0 Å². The zero-order valence-electron chi connectivity index (χ0n) is 11.4. The highest BCUT2D eigenvalue weighted by molar-refractivity contribution is 7.99. The molecule has 3 aromatic rings. The Morgan fingerprint density at radius 3 is 2.29 bits per heavy atom. The number of aromatic nitrogens is 3. The number of hydrogen-bond acceptors (Lipinski definition) is 4. The summed E-state index contributed by atoms with van der Waals surface area (Å²) in [6.07, 6.45) is 0. The second-order valence-electron chi connectivity index (χ2n) is 4.48. The van der Waals surface area contributed by atoms with Gasteiger partial charge in [0.1, 0.15) is 5.03 Å². The normalized spacial score (nSPS) is 10.5. The Balaban J connectivity index is 1.96. The molecule has 0 bridgehead atoms. The lowest BCUT2D eigenvalue weighted by Crippen LogP contribution is -2.04. The molecule has 0 aliphatic rings. The van der Waals surface area contributed by atoms with Crippen molar-refractivity contribution in [3.05, 3.63) is 71.9 Å². The third-order valence-electron chi connectivity index (χ3n) is 2.98. The van der Waals surface area contributed by atoms with Crippen molar-refractivity contribution in [3.8, 4) is 0 Å². The van der Waals surface area contributed by atoms with Crippen molar-refractivity contribution in [2.24, 2.45) is 7.05 Å². The standard InChI is InChI=1S/C16H13N3OS/c1-19-16(21-13-10-6-3-7-11-13)14(17-18-19)15(20)12-8-4-2-5-9-12/h2-11H,1H3. The molecule has 0 unspecified atom stereocenters. The summed E-state index contributed by atoms with van der Waals surface area (Å²) in [5.74, 6) is -0.109. The molecule has 4 nitrogen and oxygen atoms in total. The molecule has 0 spiro atoms. The molecule has 0 N–H and O–H groups in total. The van der Waals surface area contributed by atoms with Gasteiger partial charge in [0.05, 0.1) is 0 Å². The van der Waals surface area contributed by atoms with Gasteiger partial charge in [0.25, 0.3) is 0 Å². The maximum Gasteiger partial charge on any atom is 0.216 e. The van der Waals surface area contributed by atoms with E-state index in [0.29, 0.717) is 11.3 Å². The van der Waals surface area contributed by atoms with Crippen LogP contribution in [0.15, 0.2) is 70.6 Å².